The van der Waals surface area contributed by atoms with E-state index in [4.69, 9.17) is 10.5 Å². The van der Waals surface area contributed by atoms with Crippen LogP contribution in [0.1, 0.15) is 33.1 Å². The first-order chi connectivity index (χ1) is 11.3. The minimum absolute atomic E-state index is 0.00830. The van der Waals surface area contributed by atoms with Crippen molar-refractivity contribution in [1.82, 2.24) is 4.72 Å². The molecule has 4 N–H and O–H groups in total. The van der Waals surface area contributed by atoms with Gasteiger partial charge in [0.15, 0.2) is 0 Å². The quantitative estimate of drug-likeness (QED) is 0.654. The fourth-order valence-electron chi connectivity index (χ4n) is 2.17. The van der Waals surface area contributed by atoms with Gasteiger partial charge in [-0.2, -0.15) is 0 Å². The van der Waals surface area contributed by atoms with Gasteiger partial charge < -0.3 is 15.8 Å². The molecule has 8 heteroatoms. The highest BCUT2D eigenvalue weighted by molar-refractivity contribution is 7.89. The summed E-state index contributed by atoms with van der Waals surface area (Å²) in [7, 11) is -2.16. The van der Waals surface area contributed by atoms with Gasteiger partial charge in [-0.25, -0.2) is 13.1 Å². The number of carbonyl (C=O) groups excluding carboxylic acids is 1. The molecule has 1 aromatic carbocycles. The van der Waals surface area contributed by atoms with Crippen LogP contribution < -0.4 is 20.5 Å². The van der Waals surface area contributed by atoms with Crippen molar-refractivity contribution < 1.29 is 17.9 Å². The third-order valence-corrected chi connectivity index (χ3v) is 5.72. The van der Waals surface area contributed by atoms with Gasteiger partial charge in [0.1, 0.15) is 5.75 Å². The Bertz CT molecular complexity index is 701. The summed E-state index contributed by atoms with van der Waals surface area (Å²) < 4.78 is 32.5. The van der Waals surface area contributed by atoms with Crippen LogP contribution >= 0.6 is 0 Å². The van der Waals surface area contributed by atoms with E-state index in [1.54, 1.807) is 0 Å². The summed E-state index contributed by atoms with van der Waals surface area (Å²) in [6.45, 7) is 3.84. The van der Waals surface area contributed by atoms with Crippen LogP contribution in [0.5, 0.6) is 5.75 Å². The number of carbonyl (C=O) groups is 1. The molecular formula is C16H25N3O4S. The number of hydrogen-bond acceptors (Lipinski definition) is 5. The standard InChI is InChI=1S/C16H25N3O4S/c1-4-10(2)15(17)16(20)18-13-9-12(7-8-14(13)23-3)24(21,22)19-11-5-6-11/h7-11,15,19H,4-6,17H2,1-3H3,(H,18,20). The SMILES string of the molecule is CCC(C)C(N)C(=O)Nc1cc(S(=O)(=O)NC2CC2)ccc1OC. The van der Waals surface area contributed by atoms with Crippen LogP contribution in [0.3, 0.4) is 0 Å². The molecule has 7 nitrogen and oxygen atoms in total. The van der Waals surface area contributed by atoms with E-state index in [0.717, 1.165) is 19.3 Å². The predicted molar refractivity (Wildman–Crippen MR) is 92.4 cm³/mol. The molecule has 1 aliphatic rings. The van der Waals surface area contributed by atoms with Gasteiger partial charge in [0.25, 0.3) is 0 Å². The second-order valence-electron chi connectivity index (χ2n) is 6.16. The zero-order chi connectivity index (χ0) is 17.9. The Labute approximate surface area is 143 Å². The summed E-state index contributed by atoms with van der Waals surface area (Å²) in [5.74, 6) is 0.0249. The molecule has 0 saturated heterocycles. The minimum Gasteiger partial charge on any atom is -0.495 e. The molecule has 2 unspecified atom stereocenters. The third-order valence-electron chi connectivity index (χ3n) is 4.20. The van der Waals surface area contributed by atoms with Gasteiger partial charge in [0, 0.05) is 6.04 Å². The normalized spacial score (nSPS) is 17.2. The number of ether oxygens (including phenoxy) is 1. The fourth-order valence-corrected chi connectivity index (χ4v) is 3.50. The Hall–Kier alpha value is -1.64. The molecule has 1 amide bonds. The number of methoxy groups -OCH3 is 1. The molecule has 1 aliphatic carbocycles. The van der Waals surface area contributed by atoms with Crippen LogP contribution in [-0.4, -0.2) is 33.5 Å². The van der Waals surface area contributed by atoms with Crippen molar-refractivity contribution in [2.24, 2.45) is 11.7 Å². The number of amides is 1. The molecule has 0 radical (unpaired) electrons. The highest BCUT2D eigenvalue weighted by Crippen LogP contribution is 2.29. The maximum Gasteiger partial charge on any atom is 0.241 e. The lowest BCUT2D eigenvalue weighted by Crippen LogP contribution is -2.40. The second-order valence-corrected chi connectivity index (χ2v) is 7.87. The molecule has 0 aromatic heterocycles. The zero-order valence-corrected chi connectivity index (χ0v) is 15.0. The smallest absolute Gasteiger partial charge is 0.241 e. The van der Waals surface area contributed by atoms with E-state index in [9.17, 15) is 13.2 Å². The molecule has 24 heavy (non-hydrogen) atoms. The lowest BCUT2D eigenvalue weighted by atomic mass is 9.99. The molecular weight excluding hydrogens is 330 g/mol. The van der Waals surface area contributed by atoms with Crippen molar-refractivity contribution in [2.75, 3.05) is 12.4 Å². The molecule has 1 saturated carbocycles. The second kappa shape index (κ2) is 7.50. The van der Waals surface area contributed by atoms with Crippen molar-refractivity contribution >= 4 is 21.6 Å². The lowest BCUT2D eigenvalue weighted by molar-refractivity contribution is -0.118. The van der Waals surface area contributed by atoms with Gasteiger partial charge in [-0.3, -0.25) is 4.79 Å². The average Bonchev–Trinajstić information content (AvgIpc) is 3.36. The molecule has 1 aromatic rings. The van der Waals surface area contributed by atoms with Gasteiger partial charge in [-0.1, -0.05) is 20.3 Å². The Morgan fingerprint density at radius 2 is 2.08 bits per heavy atom. The largest absolute Gasteiger partial charge is 0.495 e. The maximum absolute atomic E-state index is 12.3. The fraction of sp³-hybridized carbons (Fsp3) is 0.562. The van der Waals surface area contributed by atoms with Crippen LogP contribution in [0.4, 0.5) is 5.69 Å². The van der Waals surface area contributed by atoms with E-state index in [1.165, 1.54) is 25.3 Å². The van der Waals surface area contributed by atoms with Gasteiger partial charge in [-0.15, -0.1) is 0 Å². The molecule has 0 bridgehead atoms. The van der Waals surface area contributed by atoms with Crippen LogP contribution in [-0.2, 0) is 14.8 Å². The van der Waals surface area contributed by atoms with E-state index in [-0.39, 0.29) is 22.8 Å². The number of benzene rings is 1. The van der Waals surface area contributed by atoms with Crippen molar-refractivity contribution in [3.63, 3.8) is 0 Å². The molecule has 134 valence electrons. The first-order valence-electron chi connectivity index (χ1n) is 8.05. The number of hydrogen-bond donors (Lipinski definition) is 3. The Morgan fingerprint density at radius 1 is 1.42 bits per heavy atom. The summed E-state index contributed by atoms with van der Waals surface area (Å²) in [6.07, 6.45) is 2.47. The summed E-state index contributed by atoms with van der Waals surface area (Å²) in [5, 5.41) is 2.68. The van der Waals surface area contributed by atoms with Crippen molar-refractivity contribution in [3.8, 4) is 5.75 Å². The number of nitrogens with two attached hydrogens (primary N) is 1. The third kappa shape index (κ3) is 4.46. The van der Waals surface area contributed by atoms with E-state index >= 15 is 0 Å². The zero-order valence-electron chi connectivity index (χ0n) is 14.2. The first-order valence-corrected chi connectivity index (χ1v) is 9.53. The van der Waals surface area contributed by atoms with Gasteiger partial charge in [0.05, 0.1) is 23.7 Å². The number of nitrogens with one attached hydrogen (secondary N) is 2. The summed E-state index contributed by atoms with van der Waals surface area (Å²) in [4.78, 5) is 12.4. The monoisotopic (exact) mass is 355 g/mol. The summed E-state index contributed by atoms with van der Waals surface area (Å²) >= 11 is 0. The van der Waals surface area contributed by atoms with Gasteiger partial charge in [-0.05, 0) is 37.0 Å². The molecule has 2 atom stereocenters. The van der Waals surface area contributed by atoms with Crippen LogP contribution in [0.25, 0.3) is 0 Å². The van der Waals surface area contributed by atoms with Crippen molar-refractivity contribution in [2.45, 2.75) is 50.1 Å². The van der Waals surface area contributed by atoms with E-state index in [2.05, 4.69) is 10.0 Å². The Balaban J connectivity index is 2.24. The van der Waals surface area contributed by atoms with E-state index in [0.29, 0.717) is 11.4 Å². The van der Waals surface area contributed by atoms with E-state index < -0.39 is 16.1 Å². The maximum atomic E-state index is 12.3. The molecule has 1 fully saturated rings. The molecule has 0 spiro atoms. The average molecular weight is 355 g/mol. The minimum atomic E-state index is -3.61. The summed E-state index contributed by atoms with van der Waals surface area (Å²) in [5.41, 5.74) is 6.22. The molecule has 0 heterocycles. The van der Waals surface area contributed by atoms with E-state index in [1.807, 2.05) is 13.8 Å². The number of rotatable bonds is 8. The van der Waals surface area contributed by atoms with Crippen molar-refractivity contribution in [1.29, 1.82) is 0 Å². The highest BCUT2D eigenvalue weighted by atomic mass is 32.2. The predicted octanol–water partition coefficient (Wildman–Crippen LogP) is 1.45. The van der Waals surface area contributed by atoms with Gasteiger partial charge in [0.2, 0.25) is 15.9 Å². The van der Waals surface area contributed by atoms with Crippen LogP contribution in [0, 0.1) is 5.92 Å². The number of anilines is 1. The summed E-state index contributed by atoms with van der Waals surface area (Å²) in [6, 6.07) is 3.70. The molecule has 2 rings (SSSR count). The van der Waals surface area contributed by atoms with Gasteiger partial charge >= 0.3 is 0 Å². The van der Waals surface area contributed by atoms with Crippen LogP contribution in [0.2, 0.25) is 0 Å². The Kier molecular flexibility index (Phi) is 5.84. The highest BCUT2D eigenvalue weighted by Gasteiger charge is 2.29. The number of sulfonamides is 1. The topological polar surface area (TPSA) is 111 Å². The lowest BCUT2D eigenvalue weighted by Gasteiger charge is -2.19. The first kappa shape index (κ1) is 18.7. The Morgan fingerprint density at radius 3 is 2.62 bits per heavy atom. The van der Waals surface area contributed by atoms with Crippen LogP contribution in [0.15, 0.2) is 23.1 Å². The van der Waals surface area contributed by atoms with Crippen molar-refractivity contribution in [3.05, 3.63) is 18.2 Å². The molecule has 0 aliphatic heterocycles.